The van der Waals surface area contributed by atoms with Crippen LogP contribution in [0.1, 0.15) is 23.0 Å². The topological polar surface area (TPSA) is 78.0 Å². The molecule has 0 atom stereocenters. The Morgan fingerprint density at radius 3 is 2.85 bits per heavy atom. The third-order valence-electron chi connectivity index (χ3n) is 2.82. The smallest absolute Gasteiger partial charge is 0.276 e. The van der Waals surface area contributed by atoms with Crippen LogP contribution in [-0.4, -0.2) is 20.5 Å². The van der Waals surface area contributed by atoms with Crippen LogP contribution in [0.15, 0.2) is 42.6 Å². The molecule has 2 rings (SSSR count). The van der Waals surface area contributed by atoms with E-state index in [0.717, 1.165) is 0 Å². The summed E-state index contributed by atoms with van der Waals surface area (Å²) in [6.45, 7) is 2.48. The van der Waals surface area contributed by atoms with E-state index in [1.165, 1.54) is 18.2 Å². The number of rotatable bonds is 5. The number of hydrogen-bond donors (Lipinski definition) is 0. The monoisotopic (exact) mass is 271 g/mol. The highest BCUT2D eigenvalue weighted by Crippen LogP contribution is 2.19. The van der Waals surface area contributed by atoms with Crippen molar-refractivity contribution in [3.8, 4) is 0 Å². The summed E-state index contributed by atoms with van der Waals surface area (Å²) >= 11 is 0. The van der Waals surface area contributed by atoms with E-state index >= 15 is 0 Å². The number of ketones is 1. The standard InChI is InChI=1S/C14H13N3O3/c1-2-16-13(9-10-15-16)14(18)8-7-11-5-3-4-6-12(11)17(19)20/h3-10H,2H2,1H3/b8-7+. The maximum Gasteiger partial charge on any atom is 0.276 e. The Kier molecular flexibility index (Phi) is 4.05. The Labute approximate surface area is 115 Å². The third-order valence-corrected chi connectivity index (χ3v) is 2.82. The van der Waals surface area contributed by atoms with Crippen molar-refractivity contribution in [1.82, 2.24) is 9.78 Å². The first-order valence-corrected chi connectivity index (χ1v) is 6.11. The molecule has 0 saturated carbocycles. The van der Waals surface area contributed by atoms with Crippen molar-refractivity contribution in [1.29, 1.82) is 0 Å². The Hall–Kier alpha value is -2.76. The summed E-state index contributed by atoms with van der Waals surface area (Å²) in [5, 5.41) is 14.9. The van der Waals surface area contributed by atoms with Crippen LogP contribution in [0, 0.1) is 10.1 Å². The fraction of sp³-hybridized carbons (Fsp3) is 0.143. The highest BCUT2D eigenvalue weighted by molar-refractivity contribution is 6.05. The van der Waals surface area contributed by atoms with Gasteiger partial charge in [0.1, 0.15) is 5.69 Å². The van der Waals surface area contributed by atoms with E-state index in [1.54, 1.807) is 35.1 Å². The summed E-state index contributed by atoms with van der Waals surface area (Å²) in [6.07, 6.45) is 4.33. The summed E-state index contributed by atoms with van der Waals surface area (Å²) in [5.41, 5.74) is 0.830. The van der Waals surface area contributed by atoms with Crippen molar-refractivity contribution in [2.45, 2.75) is 13.5 Å². The minimum Gasteiger partial charge on any atom is -0.288 e. The van der Waals surface area contributed by atoms with Gasteiger partial charge in [-0.25, -0.2) is 0 Å². The van der Waals surface area contributed by atoms with Crippen LogP contribution in [0.4, 0.5) is 5.69 Å². The van der Waals surface area contributed by atoms with Gasteiger partial charge in [0, 0.05) is 18.8 Å². The minimum absolute atomic E-state index is 0.0273. The maximum atomic E-state index is 12.0. The second kappa shape index (κ2) is 5.92. The first-order chi connectivity index (χ1) is 9.63. The highest BCUT2D eigenvalue weighted by atomic mass is 16.6. The van der Waals surface area contributed by atoms with Crippen molar-refractivity contribution in [2.75, 3.05) is 0 Å². The molecule has 0 aliphatic carbocycles. The van der Waals surface area contributed by atoms with Crippen LogP contribution in [0.3, 0.4) is 0 Å². The molecular weight excluding hydrogens is 258 g/mol. The molecule has 6 nitrogen and oxygen atoms in total. The molecule has 0 amide bonds. The average Bonchev–Trinajstić information content (AvgIpc) is 2.93. The number of nitro groups is 1. The lowest BCUT2D eigenvalue weighted by molar-refractivity contribution is -0.385. The lowest BCUT2D eigenvalue weighted by Crippen LogP contribution is -2.07. The van der Waals surface area contributed by atoms with E-state index in [1.807, 2.05) is 6.92 Å². The molecular formula is C14H13N3O3. The second-order valence-corrected chi connectivity index (χ2v) is 4.05. The number of aryl methyl sites for hydroxylation is 1. The first-order valence-electron chi connectivity index (χ1n) is 6.11. The van der Waals surface area contributed by atoms with E-state index in [-0.39, 0.29) is 11.5 Å². The molecule has 0 radical (unpaired) electrons. The van der Waals surface area contributed by atoms with Crippen molar-refractivity contribution < 1.29 is 9.72 Å². The SMILES string of the molecule is CCn1nccc1C(=O)/C=C/c1ccccc1[N+](=O)[O-]. The molecule has 2 aromatic rings. The van der Waals surface area contributed by atoms with Gasteiger partial charge in [0.05, 0.1) is 10.5 Å². The molecule has 102 valence electrons. The number of carbonyl (C=O) groups excluding carboxylic acids is 1. The zero-order chi connectivity index (χ0) is 14.5. The van der Waals surface area contributed by atoms with E-state index in [4.69, 9.17) is 0 Å². The number of nitrogens with zero attached hydrogens (tertiary/aromatic N) is 3. The van der Waals surface area contributed by atoms with E-state index < -0.39 is 4.92 Å². The summed E-state index contributed by atoms with van der Waals surface area (Å²) in [4.78, 5) is 22.4. The number of allylic oxidation sites excluding steroid dienone is 1. The van der Waals surface area contributed by atoms with Gasteiger partial charge in [-0.3, -0.25) is 19.6 Å². The van der Waals surface area contributed by atoms with E-state index in [2.05, 4.69) is 5.10 Å². The van der Waals surface area contributed by atoms with Gasteiger partial charge in [0.15, 0.2) is 0 Å². The van der Waals surface area contributed by atoms with Gasteiger partial charge in [-0.05, 0) is 31.2 Å². The molecule has 20 heavy (non-hydrogen) atoms. The molecule has 6 heteroatoms. The van der Waals surface area contributed by atoms with Crippen molar-refractivity contribution in [3.05, 3.63) is 64.0 Å². The van der Waals surface area contributed by atoms with Gasteiger partial charge in [-0.2, -0.15) is 5.10 Å². The van der Waals surface area contributed by atoms with Gasteiger partial charge in [0.2, 0.25) is 5.78 Å². The third kappa shape index (κ3) is 2.80. The molecule has 1 aromatic heterocycles. The molecule has 0 fully saturated rings. The van der Waals surface area contributed by atoms with Crippen molar-refractivity contribution in [2.24, 2.45) is 0 Å². The molecule has 0 aliphatic rings. The molecule has 1 aromatic carbocycles. The highest BCUT2D eigenvalue weighted by Gasteiger charge is 2.11. The molecule has 0 unspecified atom stereocenters. The van der Waals surface area contributed by atoms with Crippen LogP contribution in [0.2, 0.25) is 0 Å². The fourth-order valence-corrected chi connectivity index (χ4v) is 1.84. The van der Waals surface area contributed by atoms with Crippen LogP contribution in [0.25, 0.3) is 6.08 Å². The molecule has 0 N–H and O–H groups in total. The van der Waals surface area contributed by atoms with Gasteiger partial charge >= 0.3 is 0 Å². The predicted molar refractivity (Wildman–Crippen MR) is 74.4 cm³/mol. The van der Waals surface area contributed by atoms with Crippen LogP contribution >= 0.6 is 0 Å². The molecule has 0 aliphatic heterocycles. The zero-order valence-corrected chi connectivity index (χ0v) is 10.9. The van der Waals surface area contributed by atoms with Crippen LogP contribution in [0.5, 0.6) is 0 Å². The average molecular weight is 271 g/mol. The normalized spacial score (nSPS) is 10.8. The lowest BCUT2D eigenvalue weighted by atomic mass is 10.1. The number of para-hydroxylation sites is 1. The van der Waals surface area contributed by atoms with E-state index in [0.29, 0.717) is 17.8 Å². The second-order valence-electron chi connectivity index (χ2n) is 4.05. The van der Waals surface area contributed by atoms with Gasteiger partial charge < -0.3 is 0 Å². The van der Waals surface area contributed by atoms with Gasteiger partial charge in [-0.15, -0.1) is 0 Å². The largest absolute Gasteiger partial charge is 0.288 e. The summed E-state index contributed by atoms with van der Waals surface area (Å²) < 4.78 is 1.58. The molecule has 1 heterocycles. The lowest BCUT2D eigenvalue weighted by Gasteiger charge is -2.00. The molecule has 0 saturated heterocycles. The van der Waals surface area contributed by atoms with Crippen molar-refractivity contribution in [3.63, 3.8) is 0 Å². The number of aromatic nitrogens is 2. The Morgan fingerprint density at radius 2 is 2.15 bits per heavy atom. The van der Waals surface area contributed by atoms with Crippen LogP contribution < -0.4 is 0 Å². The van der Waals surface area contributed by atoms with E-state index in [9.17, 15) is 14.9 Å². The van der Waals surface area contributed by atoms with Crippen molar-refractivity contribution >= 4 is 17.5 Å². The predicted octanol–water partition coefficient (Wildman–Crippen LogP) is 2.71. The quantitative estimate of drug-likeness (QED) is 0.362. The summed E-state index contributed by atoms with van der Waals surface area (Å²) in [6, 6.07) is 7.89. The maximum absolute atomic E-state index is 12.0. The number of benzene rings is 1. The Morgan fingerprint density at radius 1 is 1.40 bits per heavy atom. The summed E-state index contributed by atoms with van der Waals surface area (Å²) in [7, 11) is 0. The molecule has 0 bridgehead atoms. The number of nitro benzene ring substituents is 1. The summed E-state index contributed by atoms with van der Waals surface area (Å²) in [5.74, 6) is -0.234. The molecule has 0 spiro atoms. The Balaban J connectivity index is 2.26. The van der Waals surface area contributed by atoms with Gasteiger partial charge in [-0.1, -0.05) is 12.1 Å². The fourth-order valence-electron chi connectivity index (χ4n) is 1.84. The zero-order valence-electron chi connectivity index (χ0n) is 10.9. The first kappa shape index (κ1) is 13.7. The number of carbonyl (C=O) groups is 1. The van der Waals surface area contributed by atoms with Gasteiger partial charge in [0.25, 0.3) is 5.69 Å². The minimum atomic E-state index is -0.472. The van der Waals surface area contributed by atoms with Crippen LogP contribution in [-0.2, 0) is 6.54 Å². The number of hydrogen-bond acceptors (Lipinski definition) is 4. The Bertz CT molecular complexity index is 674.